The van der Waals surface area contributed by atoms with Crippen molar-refractivity contribution < 1.29 is 4.79 Å². The zero-order valence-corrected chi connectivity index (χ0v) is 15.1. The van der Waals surface area contributed by atoms with E-state index in [0.29, 0.717) is 12.2 Å². The molecule has 0 spiro atoms. The molecule has 0 saturated carbocycles. The summed E-state index contributed by atoms with van der Waals surface area (Å²) in [6.45, 7) is 2.45. The van der Waals surface area contributed by atoms with Crippen LogP contribution < -0.4 is 5.32 Å². The molecule has 0 aliphatic rings. The Morgan fingerprint density at radius 2 is 1.48 bits per heavy atom. The van der Waals surface area contributed by atoms with E-state index < -0.39 is 0 Å². The molecule has 0 radical (unpaired) electrons. The number of para-hydroxylation sites is 1. The largest absolute Gasteiger partial charge is 0.347 e. The predicted octanol–water partition coefficient (Wildman–Crippen LogP) is 5.14. The summed E-state index contributed by atoms with van der Waals surface area (Å²) in [5, 5.41) is 4.05. The lowest BCUT2D eigenvalue weighted by molar-refractivity contribution is 0.0945. The van der Waals surface area contributed by atoms with Crippen molar-refractivity contribution in [2.45, 2.75) is 13.5 Å². The normalized spacial score (nSPS) is 10.7. The molecule has 0 aliphatic heterocycles. The number of carbonyl (C=O) groups excluding carboxylic acids is 1. The quantitative estimate of drug-likeness (QED) is 0.552. The van der Waals surface area contributed by atoms with E-state index in [1.165, 1.54) is 0 Å². The van der Waals surface area contributed by atoms with Gasteiger partial charge in [-0.05, 0) is 35.2 Å². The topological polar surface area (TPSA) is 42.0 Å². The van der Waals surface area contributed by atoms with Crippen molar-refractivity contribution in [1.82, 2.24) is 10.3 Å². The molecule has 0 aliphatic carbocycles. The Morgan fingerprint density at radius 1 is 0.852 bits per heavy atom. The standard InChI is InChI=1S/C24H20N2O/c1-17-22(19-12-6-3-7-13-19)20-14-8-9-15-21(20)26-23(17)24(27)25-16-18-10-4-2-5-11-18/h2-15H,16H2,1H3,(H,25,27). The van der Waals surface area contributed by atoms with Gasteiger partial charge in [0.05, 0.1) is 5.52 Å². The molecule has 1 N–H and O–H groups in total. The highest BCUT2D eigenvalue weighted by molar-refractivity contribution is 6.03. The van der Waals surface area contributed by atoms with Crippen molar-refractivity contribution in [3.05, 3.63) is 102 Å². The molecule has 3 nitrogen and oxygen atoms in total. The lowest BCUT2D eigenvalue weighted by Crippen LogP contribution is -2.25. The van der Waals surface area contributed by atoms with Crippen LogP contribution in [0.2, 0.25) is 0 Å². The van der Waals surface area contributed by atoms with Crippen LogP contribution in [0.3, 0.4) is 0 Å². The van der Waals surface area contributed by atoms with Gasteiger partial charge in [0, 0.05) is 11.9 Å². The minimum absolute atomic E-state index is 0.153. The summed E-state index contributed by atoms with van der Waals surface area (Å²) < 4.78 is 0. The number of hydrogen-bond acceptors (Lipinski definition) is 2. The Balaban J connectivity index is 1.77. The van der Waals surface area contributed by atoms with Crippen LogP contribution in [0.1, 0.15) is 21.6 Å². The van der Waals surface area contributed by atoms with Gasteiger partial charge in [-0.1, -0.05) is 78.9 Å². The summed E-state index contributed by atoms with van der Waals surface area (Å²) in [6, 6.07) is 28.0. The summed E-state index contributed by atoms with van der Waals surface area (Å²) in [5.74, 6) is -0.153. The van der Waals surface area contributed by atoms with Gasteiger partial charge in [-0.15, -0.1) is 0 Å². The molecule has 1 amide bonds. The molecule has 1 aromatic heterocycles. The SMILES string of the molecule is Cc1c(C(=O)NCc2ccccc2)nc2ccccc2c1-c1ccccc1. The Morgan fingerprint density at radius 3 is 2.22 bits per heavy atom. The summed E-state index contributed by atoms with van der Waals surface area (Å²) >= 11 is 0. The fourth-order valence-electron chi connectivity index (χ4n) is 3.37. The number of benzene rings is 3. The van der Waals surface area contributed by atoms with Crippen molar-refractivity contribution in [2.75, 3.05) is 0 Å². The molecule has 3 aromatic carbocycles. The van der Waals surface area contributed by atoms with Crippen molar-refractivity contribution in [3.8, 4) is 11.1 Å². The molecule has 0 atom stereocenters. The fourth-order valence-corrected chi connectivity index (χ4v) is 3.37. The zero-order chi connectivity index (χ0) is 18.6. The molecule has 0 saturated heterocycles. The lowest BCUT2D eigenvalue weighted by atomic mass is 9.95. The molecule has 4 rings (SSSR count). The number of nitrogens with zero attached hydrogens (tertiary/aromatic N) is 1. The maximum Gasteiger partial charge on any atom is 0.270 e. The minimum atomic E-state index is -0.153. The molecule has 0 fully saturated rings. The number of amides is 1. The van der Waals surface area contributed by atoms with Crippen LogP contribution in [0.15, 0.2) is 84.9 Å². The molecule has 0 unspecified atom stereocenters. The molecule has 0 bridgehead atoms. The summed E-state index contributed by atoms with van der Waals surface area (Å²) in [5.41, 5.74) is 5.41. The van der Waals surface area contributed by atoms with Crippen molar-refractivity contribution in [2.24, 2.45) is 0 Å². The number of rotatable bonds is 4. The van der Waals surface area contributed by atoms with Crippen LogP contribution in [-0.2, 0) is 6.54 Å². The minimum Gasteiger partial charge on any atom is -0.347 e. The first-order chi connectivity index (χ1) is 13.2. The number of hydrogen-bond donors (Lipinski definition) is 1. The average Bonchev–Trinajstić information content (AvgIpc) is 2.73. The highest BCUT2D eigenvalue weighted by Crippen LogP contribution is 2.32. The molecule has 132 valence electrons. The highest BCUT2D eigenvalue weighted by atomic mass is 16.1. The third-order valence-electron chi connectivity index (χ3n) is 4.71. The summed E-state index contributed by atoms with van der Waals surface area (Å²) in [4.78, 5) is 17.6. The molecular weight excluding hydrogens is 332 g/mol. The summed E-state index contributed by atoms with van der Waals surface area (Å²) in [6.07, 6.45) is 0. The van der Waals surface area contributed by atoms with Crippen molar-refractivity contribution >= 4 is 16.8 Å². The van der Waals surface area contributed by atoms with Gasteiger partial charge < -0.3 is 5.32 Å². The van der Waals surface area contributed by atoms with Crippen LogP contribution in [0.5, 0.6) is 0 Å². The fraction of sp³-hybridized carbons (Fsp3) is 0.0833. The van der Waals surface area contributed by atoms with Crippen LogP contribution in [0.4, 0.5) is 0 Å². The van der Waals surface area contributed by atoms with E-state index in [1.54, 1.807) is 0 Å². The van der Waals surface area contributed by atoms with Gasteiger partial charge in [-0.2, -0.15) is 0 Å². The predicted molar refractivity (Wildman–Crippen MR) is 110 cm³/mol. The van der Waals surface area contributed by atoms with E-state index in [1.807, 2.05) is 73.7 Å². The van der Waals surface area contributed by atoms with Gasteiger partial charge in [-0.25, -0.2) is 4.98 Å². The van der Waals surface area contributed by atoms with Crippen molar-refractivity contribution in [3.63, 3.8) is 0 Å². The number of nitrogens with one attached hydrogen (secondary N) is 1. The molecule has 4 aromatic rings. The van der Waals surface area contributed by atoms with Gasteiger partial charge in [0.15, 0.2) is 0 Å². The van der Waals surface area contributed by atoms with Crippen LogP contribution in [0, 0.1) is 6.92 Å². The first kappa shape index (κ1) is 17.0. The Kier molecular flexibility index (Phi) is 4.67. The van der Waals surface area contributed by atoms with Gasteiger partial charge in [0.2, 0.25) is 0 Å². The van der Waals surface area contributed by atoms with E-state index in [9.17, 15) is 4.79 Å². The average molecular weight is 352 g/mol. The molecule has 27 heavy (non-hydrogen) atoms. The first-order valence-corrected chi connectivity index (χ1v) is 9.01. The zero-order valence-electron chi connectivity index (χ0n) is 15.1. The maximum absolute atomic E-state index is 12.9. The second-order valence-corrected chi connectivity index (χ2v) is 6.51. The maximum atomic E-state index is 12.9. The van der Waals surface area contributed by atoms with E-state index in [4.69, 9.17) is 0 Å². The van der Waals surface area contributed by atoms with Gasteiger partial charge in [0.1, 0.15) is 5.69 Å². The van der Waals surface area contributed by atoms with Gasteiger partial charge in [-0.3, -0.25) is 4.79 Å². The third kappa shape index (κ3) is 3.44. The second kappa shape index (κ2) is 7.42. The summed E-state index contributed by atoms with van der Waals surface area (Å²) in [7, 11) is 0. The van der Waals surface area contributed by atoms with E-state index in [-0.39, 0.29) is 5.91 Å². The van der Waals surface area contributed by atoms with Gasteiger partial charge >= 0.3 is 0 Å². The number of pyridine rings is 1. The third-order valence-corrected chi connectivity index (χ3v) is 4.71. The number of aromatic nitrogens is 1. The van der Waals surface area contributed by atoms with Gasteiger partial charge in [0.25, 0.3) is 5.91 Å². The number of fused-ring (bicyclic) bond motifs is 1. The molecule has 3 heteroatoms. The van der Waals surface area contributed by atoms with E-state index in [0.717, 1.165) is 33.2 Å². The first-order valence-electron chi connectivity index (χ1n) is 9.01. The lowest BCUT2D eigenvalue weighted by Gasteiger charge is -2.15. The molecular formula is C24H20N2O. The Labute approximate surface area is 158 Å². The smallest absolute Gasteiger partial charge is 0.270 e. The Bertz CT molecular complexity index is 1090. The second-order valence-electron chi connectivity index (χ2n) is 6.51. The highest BCUT2D eigenvalue weighted by Gasteiger charge is 2.18. The van der Waals surface area contributed by atoms with E-state index >= 15 is 0 Å². The molecule has 1 heterocycles. The van der Waals surface area contributed by atoms with Crippen LogP contribution in [-0.4, -0.2) is 10.9 Å². The van der Waals surface area contributed by atoms with Crippen molar-refractivity contribution in [1.29, 1.82) is 0 Å². The van der Waals surface area contributed by atoms with Crippen LogP contribution >= 0.6 is 0 Å². The number of carbonyl (C=O) groups is 1. The van der Waals surface area contributed by atoms with Crippen LogP contribution in [0.25, 0.3) is 22.0 Å². The monoisotopic (exact) mass is 352 g/mol. The van der Waals surface area contributed by atoms with E-state index in [2.05, 4.69) is 28.5 Å². The Hall–Kier alpha value is -3.46.